The summed E-state index contributed by atoms with van der Waals surface area (Å²) in [6.45, 7) is 0. The van der Waals surface area contributed by atoms with Crippen molar-refractivity contribution in [2.45, 2.75) is 6.42 Å². The van der Waals surface area contributed by atoms with Gasteiger partial charge in [0.15, 0.2) is 28.8 Å². The molecule has 8 heteroatoms. The van der Waals surface area contributed by atoms with Crippen molar-refractivity contribution in [2.75, 3.05) is 28.4 Å². The zero-order valence-electron chi connectivity index (χ0n) is 18.6. The lowest BCUT2D eigenvalue weighted by molar-refractivity contribution is 0.0726. The minimum absolute atomic E-state index is 0.00573. The fourth-order valence-corrected chi connectivity index (χ4v) is 3.87. The van der Waals surface area contributed by atoms with Gasteiger partial charge in [-0.2, -0.15) is 0 Å². The fourth-order valence-electron chi connectivity index (χ4n) is 3.25. The van der Waals surface area contributed by atoms with Crippen molar-refractivity contribution in [3.8, 4) is 28.7 Å². The van der Waals surface area contributed by atoms with Gasteiger partial charge >= 0.3 is 5.97 Å². The van der Waals surface area contributed by atoms with E-state index in [1.165, 1.54) is 21.3 Å². The second-order valence-electron chi connectivity index (χ2n) is 6.83. The van der Waals surface area contributed by atoms with Gasteiger partial charge in [-0.05, 0) is 64.6 Å². The fraction of sp³-hybridized carbons (Fsp3) is 0.200. The van der Waals surface area contributed by atoms with E-state index in [9.17, 15) is 9.59 Å². The summed E-state index contributed by atoms with van der Waals surface area (Å²) in [6.07, 6.45) is 0.0456. The molecule has 0 aromatic heterocycles. The van der Waals surface area contributed by atoms with Crippen LogP contribution in [-0.4, -0.2) is 40.2 Å². The van der Waals surface area contributed by atoms with Crippen molar-refractivity contribution in [3.05, 3.63) is 74.9 Å². The van der Waals surface area contributed by atoms with E-state index in [-0.39, 0.29) is 29.3 Å². The third-order valence-corrected chi connectivity index (χ3v) is 5.91. The van der Waals surface area contributed by atoms with Crippen molar-refractivity contribution in [3.63, 3.8) is 0 Å². The predicted molar refractivity (Wildman–Crippen MR) is 131 cm³/mol. The van der Waals surface area contributed by atoms with Gasteiger partial charge < -0.3 is 23.7 Å². The average molecular weight is 562 g/mol. The molecule has 7 nitrogen and oxygen atoms in total. The molecule has 0 saturated carbocycles. The van der Waals surface area contributed by atoms with E-state index >= 15 is 0 Å². The number of hydrogen-bond acceptors (Lipinski definition) is 7. The number of benzene rings is 3. The van der Waals surface area contributed by atoms with Gasteiger partial charge in [-0.3, -0.25) is 4.79 Å². The van der Waals surface area contributed by atoms with Crippen LogP contribution in [0.25, 0.3) is 0 Å². The Bertz CT molecular complexity index is 1160. The highest BCUT2D eigenvalue weighted by Crippen LogP contribution is 2.41. The summed E-state index contributed by atoms with van der Waals surface area (Å²) in [4.78, 5) is 26.1. The highest BCUT2D eigenvalue weighted by Gasteiger charge is 2.25. The largest absolute Gasteiger partial charge is 0.493 e. The van der Waals surface area contributed by atoms with Crippen molar-refractivity contribution in [2.24, 2.45) is 0 Å². The van der Waals surface area contributed by atoms with E-state index in [4.69, 9.17) is 23.7 Å². The monoisotopic (exact) mass is 562 g/mol. The first-order valence-corrected chi connectivity index (χ1v) is 11.0. The quantitative estimate of drug-likeness (QED) is 0.158. The molecule has 0 atom stereocenters. The minimum Gasteiger partial charge on any atom is -0.493 e. The molecule has 172 valence electrons. The summed E-state index contributed by atoms with van der Waals surface area (Å²) in [5.74, 6) is 0.714. The Morgan fingerprint density at radius 1 is 0.758 bits per heavy atom. The number of methoxy groups -OCH3 is 4. The van der Waals surface area contributed by atoms with Crippen LogP contribution in [0, 0.1) is 3.57 Å². The zero-order valence-corrected chi connectivity index (χ0v) is 20.8. The second-order valence-corrected chi connectivity index (χ2v) is 7.99. The Balaban J connectivity index is 2.02. The first-order valence-electron chi connectivity index (χ1n) is 9.89. The van der Waals surface area contributed by atoms with Crippen LogP contribution in [-0.2, 0) is 6.42 Å². The standard InChI is InChI=1S/C25H23IO7/c1-29-20-11-10-17(19(27)12-16-13-21(30-2)22(31-3)14-18(16)26)23(24(20)32-4)33-25(28)15-8-6-5-7-9-15/h5-11,13-14H,12H2,1-4H3. The third-order valence-electron chi connectivity index (χ3n) is 4.91. The number of carbonyl (C=O) groups excluding carboxylic acids is 2. The molecule has 0 unspecified atom stereocenters. The van der Waals surface area contributed by atoms with Crippen molar-refractivity contribution in [1.82, 2.24) is 0 Å². The van der Waals surface area contributed by atoms with Gasteiger partial charge in [-0.1, -0.05) is 18.2 Å². The highest BCUT2D eigenvalue weighted by atomic mass is 127. The number of rotatable bonds is 9. The Labute approximate surface area is 205 Å². The number of esters is 1. The van der Waals surface area contributed by atoms with Crippen LogP contribution in [0.5, 0.6) is 28.7 Å². The van der Waals surface area contributed by atoms with Gasteiger partial charge in [0, 0.05) is 9.99 Å². The summed E-state index contributed by atoms with van der Waals surface area (Å²) < 4.78 is 28.0. The van der Waals surface area contributed by atoms with Gasteiger partial charge in [0.2, 0.25) is 5.75 Å². The van der Waals surface area contributed by atoms with Crippen LogP contribution in [0.2, 0.25) is 0 Å². The maximum Gasteiger partial charge on any atom is 0.343 e. The molecule has 0 aliphatic rings. The van der Waals surface area contributed by atoms with Crippen LogP contribution < -0.4 is 23.7 Å². The van der Waals surface area contributed by atoms with Gasteiger partial charge in [-0.15, -0.1) is 0 Å². The van der Waals surface area contributed by atoms with E-state index in [1.54, 1.807) is 61.7 Å². The molecule has 0 saturated heterocycles. The topological polar surface area (TPSA) is 80.3 Å². The Morgan fingerprint density at radius 3 is 2.00 bits per heavy atom. The van der Waals surface area contributed by atoms with Crippen LogP contribution in [0.3, 0.4) is 0 Å². The molecule has 0 spiro atoms. The van der Waals surface area contributed by atoms with Crippen molar-refractivity contribution in [1.29, 1.82) is 0 Å². The SMILES string of the molecule is COc1cc(I)c(CC(=O)c2ccc(OC)c(OC)c2OC(=O)c2ccccc2)cc1OC. The smallest absolute Gasteiger partial charge is 0.343 e. The molecule has 0 aliphatic carbocycles. The first-order chi connectivity index (χ1) is 15.9. The van der Waals surface area contributed by atoms with Crippen LogP contribution in [0.15, 0.2) is 54.6 Å². The van der Waals surface area contributed by atoms with Gasteiger partial charge in [0.05, 0.1) is 39.6 Å². The summed E-state index contributed by atoms with van der Waals surface area (Å²) >= 11 is 2.14. The molecule has 0 bridgehead atoms. The molecule has 0 radical (unpaired) electrons. The second kappa shape index (κ2) is 11.0. The summed E-state index contributed by atoms with van der Waals surface area (Å²) in [5.41, 5.74) is 1.28. The van der Waals surface area contributed by atoms with E-state index in [0.717, 1.165) is 9.13 Å². The van der Waals surface area contributed by atoms with Crippen LogP contribution >= 0.6 is 22.6 Å². The minimum atomic E-state index is -0.614. The van der Waals surface area contributed by atoms with E-state index in [2.05, 4.69) is 22.6 Å². The number of carbonyl (C=O) groups is 2. The van der Waals surface area contributed by atoms with Crippen LogP contribution in [0.1, 0.15) is 26.3 Å². The normalized spacial score (nSPS) is 10.3. The van der Waals surface area contributed by atoms with E-state index in [1.807, 2.05) is 0 Å². The van der Waals surface area contributed by atoms with Crippen molar-refractivity contribution < 1.29 is 33.3 Å². The van der Waals surface area contributed by atoms with Gasteiger partial charge in [0.25, 0.3) is 0 Å². The van der Waals surface area contributed by atoms with E-state index < -0.39 is 5.97 Å². The lowest BCUT2D eigenvalue weighted by Gasteiger charge is -2.17. The summed E-state index contributed by atoms with van der Waals surface area (Å²) in [5, 5.41) is 0. The van der Waals surface area contributed by atoms with Gasteiger partial charge in [-0.25, -0.2) is 4.79 Å². The molecule has 0 heterocycles. The molecule has 0 fully saturated rings. The lowest BCUT2D eigenvalue weighted by Crippen LogP contribution is -2.14. The maximum absolute atomic E-state index is 13.4. The number of ether oxygens (including phenoxy) is 5. The number of ketones is 1. The third kappa shape index (κ3) is 5.39. The Morgan fingerprint density at radius 2 is 1.39 bits per heavy atom. The van der Waals surface area contributed by atoms with Gasteiger partial charge in [0.1, 0.15) is 0 Å². The van der Waals surface area contributed by atoms with Crippen molar-refractivity contribution >= 4 is 34.3 Å². The molecule has 3 rings (SSSR count). The van der Waals surface area contributed by atoms with E-state index in [0.29, 0.717) is 22.8 Å². The first kappa shape index (κ1) is 24.4. The molecule has 0 N–H and O–H groups in total. The Hall–Kier alpha value is -3.27. The summed E-state index contributed by atoms with van der Waals surface area (Å²) in [7, 11) is 5.97. The number of hydrogen-bond donors (Lipinski definition) is 0. The maximum atomic E-state index is 13.4. The zero-order chi connectivity index (χ0) is 24.0. The molecule has 0 amide bonds. The number of Topliss-reactive ketones (excluding diaryl/α,β-unsaturated/α-hetero) is 1. The lowest BCUT2D eigenvalue weighted by atomic mass is 10.0. The highest BCUT2D eigenvalue weighted by molar-refractivity contribution is 14.1. The Kier molecular flexibility index (Phi) is 8.16. The molecule has 3 aromatic rings. The molecular weight excluding hydrogens is 539 g/mol. The molecule has 0 aliphatic heterocycles. The van der Waals surface area contributed by atoms with Crippen LogP contribution in [0.4, 0.5) is 0 Å². The average Bonchev–Trinajstić information content (AvgIpc) is 2.84. The molecule has 33 heavy (non-hydrogen) atoms. The summed E-state index contributed by atoms with van der Waals surface area (Å²) in [6, 6.07) is 15.2. The molecule has 3 aromatic carbocycles. The predicted octanol–water partition coefficient (Wildman–Crippen LogP) is 4.97. The molecular formula is C25H23IO7. The number of halogens is 1.